The second kappa shape index (κ2) is 12.9. The van der Waals surface area contributed by atoms with Crippen molar-refractivity contribution >= 4 is 5.97 Å². The van der Waals surface area contributed by atoms with E-state index >= 15 is 0 Å². The first-order chi connectivity index (χ1) is 12.1. The predicted octanol–water partition coefficient (Wildman–Crippen LogP) is 4.65. The maximum absolute atomic E-state index is 12.1. The number of ether oxygens (including phenoxy) is 1. The first-order valence-electron chi connectivity index (χ1n) is 9.59. The maximum Gasteiger partial charge on any atom is 0.339 e. The van der Waals surface area contributed by atoms with Gasteiger partial charge in [0.2, 0.25) is 0 Å². The lowest BCUT2D eigenvalue weighted by molar-refractivity contribution is -0.166. The second-order valence-electron chi connectivity index (χ2n) is 7.68. The van der Waals surface area contributed by atoms with Crippen LogP contribution in [0.4, 0.5) is 0 Å². The van der Waals surface area contributed by atoms with Gasteiger partial charge in [0.25, 0.3) is 0 Å². The fraction of sp³-hybridized carbons (Fsp3) is 0.682. The number of carbonyl (C=O) groups excluding carboxylic acids is 1. The molecule has 0 aromatic rings. The summed E-state index contributed by atoms with van der Waals surface area (Å²) in [4.78, 5) is 13.9. The molecule has 0 rings (SSSR count). The second-order valence-corrected chi connectivity index (χ2v) is 7.68. The van der Waals surface area contributed by atoms with Gasteiger partial charge in [-0.3, -0.25) is 0 Å². The molecule has 26 heavy (non-hydrogen) atoms. The lowest BCUT2D eigenvalue weighted by Crippen LogP contribution is -2.47. The number of hydrogen-bond donors (Lipinski definition) is 1. The van der Waals surface area contributed by atoms with Crippen LogP contribution in [-0.2, 0) is 9.53 Å². The summed E-state index contributed by atoms with van der Waals surface area (Å²) < 4.78 is 5.26. The first kappa shape index (κ1) is 24.6. The Hall–Kier alpha value is -1.39. The molecular weight excluding hydrogens is 326 g/mol. The van der Waals surface area contributed by atoms with Gasteiger partial charge >= 0.3 is 5.97 Å². The van der Waals surface area contributed by atoms with Gasteiger partial charge in [-0.05, 0) is 80.0 Å². The van der Waals surface area contributed by atoms with Gasteiger partial charge in [0, 0.05) is 6.54 Å². The van der Waals surface area contributed by atoms with Gasteiger partial charge < -0.3 is 14.7 Å². The largest absolute Gasteiger partial charge is 0.459 e. The molecule has 4 heteroatoms. The zero-order valence-electron chi connectivity index (χ0n) is 17.9. The molecule has 1 N–H and O–H groups in total. The zero-order chi connectivity index (χ0) is 20.2. The number of likely N-dealkylation sites (N-methyl/N-ethyl adjacent to an activating group) is 1. The number of nitrogens with zero attached hydrogens (tertiary/aromatic N) is 1. The van der Waals surface area contributed by atoms with E-state index in [0.29, 0.717) is 6.42 Å². The molecule has 1 atom stereocenters. The van der Waals surface area contributed by atoms with Crippen molar-refractivity contribution in [3.05, 3.63) is 34.9 Å². The van der Waals surface area contributed by atoms with Gasteiger partial charge in [0.15, 0.2) is 5.60 Å². The Morgan fingerprint density at radius 1 is 1.00 bits per heavy atom. The molecule has 0 spiro atoms. The lowest BCUT2D eigenvalue weighted by atomic mass is 10.0. The summed E-state index contributed by atoms with van der Waals surface area (Å²) in [5.74, 6) is -0.548. The van der Waals surface area contributed by atoms with E-state index in [1.807, 2.05) is 27.1 Å². The summed E-state index contributed by atoms with van der Waals surface area (Å²) in [6.07, 6.45) is 11.0. The Bertz CT molecular complexity index is 513. The summed E-state index contributed by atoms with van der Waals surface area (Å²) in [6, 6.07) is 0. The summed E-state index contributed by atoms with van der Waals surface area (Å²) in [6.45, 7) is 10.7. The topological polar surface area (TPSA) is 49.8 Å². The number of rotatable bonds is 12. The monoisotopic (exact) mass is 365 g/mol. The maximum atomic E-state index is 12.1. The van der Waals surface area contributed by atoms with Crippen LogP contribution in [0.15, 0.2) is 34.9 Å². The number of aliphatic hydroxyl groups is 1. The summed E-state index contributed by atoms with van der Waals surface area (Å²) >= 11 is 0. The van der Waals surface area contributed by atoms with Crippen LogP contribution in [0, 0.1) is 0 Å². The minimum atomic E-state index is -1.43. The Kier molecular flexibility index (Phi) is 12.2. The molecular formula is C22H39NO3. The molecule has 0 aromatic heterocycles. The van der Waals surface area contributed by atoms with E-state index in [-0.39, 0.29) is 13.2 Å². The molecule has 0 aliphatic carbocycles. The molecule has 0 aliphatic rings. The summed E-state index contributed by atoms with van der Waals surface area (Å²) in [7, 11) is 3.65. The molecule has 0 saturated carbocycles. The summed E-state index contributed by atoms with van der Waals surface area (Å²) in [5.41, 5.74) is 2.54. The highest BCUT2D eigenvalue weighted by atomic mass is 16.5. The van der Waals surface area contributed by atoms with Crippen LogP contribution in [0.1, 0.15) is 66.7 Å². The van der Waals surface area contributed by atoms with E-state index in [1.165, 1.54) is 16.7 Å². The zero-order valence-corrected chi connectivity index (χ0v) is 17.9. The molecule has 150 valence electrons. The molecule has 0 amide bonds. The van der Waals surface area contributed by atoms with E-state index in [9.17, 15) is 9.90 Å². The molecule has 0 aromatic carbocycles. The molecule has 0 heterocycles. The van der Waals surface area contributed by atoms with E-state index in [1.54, 1.807) is 11.8 Å². The average molecular weight is 366 g/mol. The van der Waals surface area contributed by atoms with Crippen molar-refractivity contribution in [1.82, 2.24) is 4.90 Å². The number of hydrogen-bond acceptors (Lipinski definition) is 4. The molecule has 1 unspecified atom stereocenters. The standard InChI is InChI=1S/C22H39NO3/c1-8-22(25,17-23(6)7)21(24)26-16-15-20(5)14-10-13-19(4)12-9-11-18(2)3/h11,13,15,25H,8-10,12,14,16-17H2,1-7H3. The molecule has 0 radical (unpaired) electrons. The molecule has 4 nitrogen and oxygen atoms in total. The van der Waals surface area contributed by atoms with Crippen molar-refractivity contribution in [3.63, 3.8) is 0 Å². The quantitative estimate of drug-likeness (QED) is 0.404. The molecule has 0 bridgehead atoms. The van der Waals surface area contributed by atoms with Gasteiger partial charge in [0.1, 0.15) is 6.61 Å². The van der Waals surface area contributed by atoms with Crippen LogP contribution in [0.5, 0.6) is 0 Å². The SMILES string of the molecule is CCC(O)(CN(C)C)C(=O)OCC=C(C)CCC=C(C)CCC=C(C)C. The lowest BCUT2D eigenvalue weighted by Gasteiger charge is -2.27. The minimum Gasteiger partial charge on any atom is -0.459 e. The molecule has 0 saturated heterocycles. The Balaban J connectivity index is 4.29. The van der Waals surface area contributed by atoms with Crippen molar-refractivity contribution in [2.45, 2.75) is 72.3 Å². The van der Waals surface area contributed by atoms with Gasteiger partial charge in [-0.2, -0.15) is 0 Å². The third-order valence-electron chi connectivity index (χ3n) is 4.31. The van der Waals surface area contributed by atoms with E-state index in [0.717, 1.165) is 25.7 Å². The fourth-order valence-electron chi connectivity index (χ4n) is 2.58. The Morgan fingerprint density at radius 3 is 2.04 bits per heavy atom. The van der Waals surface area contributed by atoms with E-state index in [4.69, 9.17) is 4.74 Å². The van der Waals surface area contributed by atoms with Crippen LogP contribution < -0.4 is 0 Å². The van der Waals surface area contributed by atoms with Crippen molar-refractivity contribution < 1.29 is 14.6 Å². The normalized spacial score (nSPS) is 15.0. The van der Waals surface area contributed by atoms with Crippen molar-refractivity contribution in [3.8, 4) is 0 Å². The highest BCUT2D eigenvalue weighted by Gasteiger charge is 2.36. The first-order valence-corrected chi connectivity index (χ1v) is 9.59. The van der Waals surface area contributed by atoms with Gasteiger partial charge in [-0.25, -0.2) is 4.79 Å². The molecule has 0 aliphatic heterocycles. The highest BCUT2D eigenvalue weighted by molar-refractivity contribution is 5.79. The average Bonchev–Trinajstić information content (AvgIpc) is 2.53. The van der Waals surface area contributed by atoms with E-state index in [2.05, 4.69) is 32.9 Å². The highest BCUT2D eigenvalue weighted by Crippen LogP contribution is 2.14. The predicted molar refractivity (Wildman–Crippen MR) is 110 cm³/mol. The smallest absolute Gasteiger partial charge is 0.339 e. The van der Waals surface area contributed by atoms with Gasteiger partial charge in [-0.15, -0.1) is 0 Å². The Morgan fingerprint density at radius 2 is 1.54 bits per heavy atom. The Labute approximate surface area is 160 Å². The van der Waals surface area contributed by atoms with Crippen molar-refractivity contribution in [2.24, 2.45) is 0 Å². The van der Waals surface area contributed by atoms with Crippen molar-refractivity contribution in [1.29, 1.82) is 0 Å². The molecule has 0 fully saturated rings. The van der Waals surface area contributed by atoms with Crippen LogP contribution in [0.3, 0.4) is 0 Å². The third-order valence-corrected chi connectivity index (χ3v) is 4.31. The fourth-order valence-corrected chi connectivity index (χ4v) is 2.58. The van der Waals surface area contributed by atoms with Crippen molar-refractivity contribution in [2.75, 3.05) is 27.2 Å². The third kappa shape index (κ3) is 11.3. The van der Waals surface area contributed by atoms with Gasteiger partial charge in [0.05, 0.1) is 0 Å². The minimum absolute atomic E-state index is 0.212. The number of allylic oxidation sites excluding steroid dienone is 5. The van der Waals surface area contributed by atoms with Gasteiger partial charge in [-0.1, -0.05) is 35.8 Å². The summed E-state index contributed by atoms with van der Waals surface area (Å²) in [5, 5.41) is 10.4. The van der Waals surface area contributed by atoms with Crippen LogP contribution >= 0.6 is 0 Å². The van der Waals surface area contributed by atoms with Crippen LogP contribution in [0.2, 0.25) is 0 Å². The van der Waals surface area contributed by atoms with Crippen LogP contribution in [0.25, 0.3) is 0 Å². The van der Waals surface area contributed by atoms with E-state index < -0.39 is 11.6 Å². The number of carbonyl (C=O) groups is 1. The van der Waals surface area contributed by atoms with Crippen LogP contribution in [-0.4, -0.2) is 48.8 Å². The number of esters is 1.